The minimum atomic E-state index is -4.58. The molecule has 4 rings (SSSR count). The molecule has 0 saturated heterocycles. The lowest BCUT2D eigenvalue weighted by atomic mass is 9.95. The summed E-state index contributed by atoms with van der Waals surface area (Å²) in [5, 5.41) is 5.21. The molecule has 9 heteroatoms. The van der Waals surface area contributed by atoms with Crippen LogP contribution in [0.4, 0.5) is 13.2 Å². The summed E-state index contributed by atoms with van der Waals surface area (Å²) in [4.78, 5) is 13.1. The number of halogens is 3. The Balaban J connectivity index is 1.70. The maximum Gasteiger partial charge on any atom is 0.417 e. The monoisotopic (exact) mass is 539 g/mol. The molecule has 0 unspecified atom stereocenters. The van der Waals surface area contributed by atoms with E-state index in [4.69, 9.17) is 9.88 Å². The van der Waals surface area contributed by atoms with Crippen LogP contribution >= 0.6 is 0 Å². The second kappa shape index (κ2) is 10.8. The number of carbonyl (C=O) groups is 1. The summed E-state index contributed by atoms with van der Waals surface area (Å²) >= 11 is 0. The first kappa shape index (κ1) is 27.1. The van der Waals surface area contributed by atoms with E-state index < -0.39 is 21.8 Å². The fourth-order valence-corrected chi connectivity index (χ4v) is 4.93. The molecule has 0 aliphatic carbocycles. The average Bonchev–Trinajstić information content (AvgIpc) is 2.86. The van der Waals surface area contributed by atoms with Crippen LogP contribution in [-0.4, -0.2) is 14.2 Å². The van der Waals surface area contributed by atoms with Crippen LogP contribution in [0.25, 0.3) is 11.1 Å². The maximum atomic E-state index is 13.8. The second-order valence-electron chi connectivity index (χ2n) is 8.77. The van der Waals surface area contributed by atoms with Gasteiger partial charge in [0.15, 0.2) is 5.78 Å². The van der Waals surface area contributed by atoms with Gasteiger partial charge in [0, 0.05) is 17.5 Å². The highest BCUT2D eigenvalue weighted by atomic mass is 32.2. The number of hydrogen-bond acceptors (Lipinski definition) is 4. The van der Waals surface area contributed by atoms with Crippen molar-refractivity contribution in [3.63, 3.8) is 0 Å². The highest BCUT2D eigenvalue weighted by Crippen LogP contribution is 2.41. The standard InChI is InChI=1S/C29H24F3NO4S/c1-19-15-21(11-14-28(19)38(33,35)36)16-26(34)22-12-13-24(23-9-5-6-10-25(23)29(30,31)32)27(17-22)37-18-20-7-3-2-4-8-20/h2-15,17H,16,18H2,1H3,(H2,33,35,36). The summed E-state index contributed by atoms with van der Waals surface area (Å²) in [7, 11) is -3.89. The van der Waals surface area contributed by atoms with E-state index in [-0.39, 0.29) is 46.1 Å². The van der Waals surface area contributed by atoms with Crippen LogP contribution in [0, 0.1) is 6.92 Å². The normalized spacial score (nSPS) is 11.8. The quantitative estimate of drug-likeness (QED) is 0.265. The largest absolute Gasteiger partial charge is 0.488 e. The molecule has 0 fully saturated rings. The molecule has 196 valence electrons. The van der Waals surface area contributed by atoms with E-state index in [1.807, 2.05) is 30.3 Å². The van der Waals surface area contributed by atoms with Gasteiger partial charge in [-0.05, 0) is 53.4 Å². The number of nitrogens with two attached hydrogens (primary N) is 1. The number of sulfonamides is 1. The summed E-state index contributed by atoms with van der Waals surface area (Å²) in [5.41, 5.74) is 1.37. The SMILES string of the molecule is Cc1cc(CC(=O)c2ccc(-c3ccccc3C(F)(F)F)c(OCc3ccccc3)c2)ccc1S(N)(=O)=O. The summed E-state index contributed by atoms with van der Waals surface area (Å²) < 4.78 is 70.6. The van der Waals surface area contributed by atoms with Crippen molar-refractivity contribution in [1.29, 1.82) is 0 Å². The Hall–Kier alpha value is -3.95. The fourth-order valence-electron chi connectivity index (χ4n) is 4.17. The van der Waals surface area contributed by atoms with Gasteiger partial charge in [0.25, 0.3) is 0 Å². The Kier molecular flexibility index (Phi) is 7.71. The zero-order chi connectivity index (χ0) is 27.5. The molecule has 0 saturated carbocycles. The zero-order valence-electron chi connectivity index (χ0n) is 20.3. The van der Waals surface area contributed by atoms with E-state index in [1.54, 1.807) is 13.0 Å². The van der Waals surface area contributed by atoms with Gasteiger partial charge in [-0.1, -0.05) is 66.7 Å². The maximum absolute atomic E-state index is 13.8. The van der Waals surface area contributed by atoms with Crippen molar-refractivity contribution in [3.8, 4) is 16.9 Å². The first-order valence-corrected chi connectivity index (χ1v) is 13.1. The molecule has 4 aromatic carbocycles. The van der Waals surface area contributed by atoms with Crippen LogP contribution in [0.1, 0.15) is 32.6 Å². The Morgan fingerprint density at radius 2 is 1.53 bits per heavy atom. The second-order valence-corrected chi connectivity index (χ2v) is 10.3. The average molecular weight is 540 g/mol. The fraction of sp³-hybridized carbons (Fsp3) is 0.138. The lowest BCUT2D eigenvalue weighted by molar-refractivity contribution is -0.137. The lowest BCUT2D eigenvalue weighted by Gasteiger charge is -2.17. The molecule has 0 spiro atoms. The van der Waals surface area contributed by atoms with Crippen molar-refractivity contribution in [2.45, 2.75) is 31.0 Å². The summed E-state index contributed by atoms with van der Waals surface area (Å²) in [6.45, 7) is 1.67. The number of alkyl halides is 3. The molecule has 0 aromatic heterocycles. The van der Waals surface area contributed by atoms with Crippen LogP contribution in [0.15, 0.2) is 95.9 Å². The van der Waals surface area contributed by atoms with Crippen LogP contribution in [0.2, 0.25) is 0 Å². The van der Waals surface area contributed by atoms with Gasteiger partial charge in [0.2, 0.25) is 10.0 Å². The van der Waals surface area contributed by atoms with Gasteiger partial charge in [-0.3, -0.25) is 4.79 Å². The molecule has 0 heterocycles. The Labute approximate surface area is 218 Å². The molecular weight excluding hydrogens is 515 g/mol. The molecular formula is C29H24F3NO4S. The summed E-state index contributed by atoms with van der Waals surface area (Å²) in [6, 6.07) is 23.1. The lowest BCUT2D eigenvalue weighted by Crippen LogP contribution is -2.14. The van der Waals surface area contributed by atoms with E-state index in [1.165, 1.54) is 48.5 Å². The van der Waals surface area contributed by atoms with E-state index >= 15 is 0 Å². The molecule has 0 aliphatic heterocycles. The first-order chi connectivity index (χ1) is 17.9. The van der Waals surface area contributed by atoms with Gasteiger partial charge in [0.05, 0.1) is 10.5 Å². The predicted octanol–water partition coefficient (Wildman–Crippen LogP) is 6.33. The van der Waals surface area contributed by atoms with E-state index in [0.717, 1.165) is 11.6 Å². The number of carbonyl (C=O) groups excluding carboxylic acids is 1. The minimum absolute atomic E-state index is 0.0296. The molecule has 0 atom stereocenters. The third kappa shape index (κ3) is 6.30. The molecule has 0 aliphatic rings. The van der Waals surface area contributed by atoms with Gasteiger partial charge in [-0.15, -0.1) is 0 Å². The Morgan fingerprint density at radius 1 is 0.842 bits per heavy atom. The molecule has 4 aromatic rings. The molecule has 0 bridgehead atoms. The molecule has 2 N–H and O–H groups in total. The summed E-state index contributed by atoms with van der Waals surface area (Å²) in [5.74, 6) is -0.176. The highest BCUT2D eigenvalue weighted by molar-refractivity contribution is 7.89. The van der Waals surface area contributed by atoms with Crippen molar-refractivity contribution in [2.75, 3.05) is 0 Å². The van der Waals surface area contributed by atoms with Crippen molar-refractivity contribution < 1.29 is 31.1 Å². The van der Waals surface area contributed by atoms with Gasteiger partial charge >= 0.3 is 6.18 Å². The van der Waals surface area contributed by atoms with Crippen LogP contribution in [0.5, 0.6) is 5.75 Å². The molecule has 0 radical (unpaired) electrons. The highest BCUT2D eigenvalue weighted by Gasteiger charge is 2.34. The van der Waals surface area contributed by atoms with Crippen molar-refractivity contribution in [3.05, 3.63) is 119 Å². The molecule has 38 heavy (non-hydrogen) atoms. The number of ether oxygens (including phenoxy) is 1. The van der Waals surface area contributed by atoms with E-state index in [2.05, 4.69) is 0 Å². The van der Waals surface area contributed by atoms with E-state index in [9.17, 15) is 26.4 Å². The number of benzene rings is 4. The van der Waals surface area contributed by atoms with Crippen molar-refractivity contribution in [2.24, 2.45) is 5.14 Å². The zero-order valence-corrected chi connectivity index (χ0v) is 21.1. The number of ketones is 1. The molecule has 5 nitrogen and oxygen atoms in total. The van der Waals surface area contributed by atoms with Crippen LogP contribution < -0.4 is 9.88 Å². The number of primary sulfonamides is 1. The third-order valence-corrected chi connectivity index (χ3v) is 7.05. The summed E-state index contributed by atoms with van der Waals surface area (Å²) in [6.07, 6.45) is -4.63. The number of rotatable bonds is 8. The predicted molar refractivity (Wildman–Crippen MR) is 138 cm³/mol. The van der Waals surface area contributed by atoms with Gasteiger partial charge in [-0.2, -0.15) is 13.2 Å². The smallest absolute Gasteiger partial charge is 0.417 e. The Morgan fingerprint density at radius 3 is 2.18 bits per heavy atom. The van der Waals surface area contributed by atoms with E-state index in [0.29, 0.717) is 11.1 Å². The van der Waals surface area contributed by atoms with Crippen molar-refractivity contribution in [1.82, 2.24) is 0 Å². The minimum Gasteiger partial charge on any atom is -0.488 e. The van der Waals surface area contributed by atoms with Gasteiger partial charge in [0.1, 0.15) is 12.4 Å². The number of hydrogen-bond donors (Lipinski definition) is 1. The first-order valence-electron chi connectivity index (χ1n) is 11.6. The number of aryl methyl sites for hydroxylation is 1. The number of Topliss-reactive ketones (excluding diaryl/α,β-unsaturated/α-hetero) is 1. The molecule has 0 amide bonds. The Bertz CT molecular complexity index is 1580. The van der Waals surface area contributed by atoms with Crippen LogP contribution in [0.3, 0.4) is 0 Å². The van der Waals surface area contributed by atoms with Crippen molar-refractivity contribution >= 4 is 15.8 Å². The third-order valence-electron chi connectivity index (χ3n) is 5.97. The van der Waals surface area contributed by atoms with Gasteiger partial charge in [-0.25, -0.2) is 13.6 Å². The van der Waals surface area contributed by atoms with Gasteiger partial charge < -0.3 is 4.74 Å². The van der Waals surface area contributed by atoms with Crippen LogP contribution in [-0.2, 0) is 29.2 Å². The topological polar surface area (TPSA) is 86.5 Å².